The lowest BCUT2D eigenvalue weighted by atomic mass is 10.1. The van der Waals surface area contributed by atoms with Crippen molar-refractivity contribution < 1.29 is 13.2 Å². The van der Waals surface area contributed by atoms with Gasteiger partial charge in [-0.1, -0.05) is 13.0 Å². The standard InChI is InChI=1S/C14H16F3N3/c1-3-18-9-12-6-7-20(19-12)13-8-11(14(15,16)17)5-4-10(13)2/h4-8,18H,3,9H2,1-2H3. The molecule has 108 valence electrons. The van der Waals surface area contributed by atoms with E-state index in [1.807, 2.05) is 6.92 Å². The number of aromatic nitrogens is 2. The Balaban J connectivity index is 2.34. The summed E-state index contributed by atoms with van der Waals surface area (Å²) in [7, 11) is 0. The molecule has 0 spiro atoms. The van der Waals surface area contributed by atoms with E-state index < -0.39 is 11.7 Å². The third-order valence-corrected chi connectivity index (χ3v) is 2.98. The smallest absolute Gasteiger partial charge is 0.311 e. The highest BCUT2D eigenvalue weighted by Gasteiger charge is 2.31. The van der Waals surface area contributed by atoms with Crippen molar-refractivity contribution in [2.45, 2.75) is 26.6 Å². The molecule has 0 aliphatic carbocycles. The van der Waals surface area contributed by atoms with Crippen molar-refractivity contribution in [2.24, 2.45) is 0 Å². The quantitative estimate of drug-likeness (QED) is 0.933. The lowest BCUT2D eigenvalue weighted by Gasteiger charge is -2.11. The molecule has 1 aromatic heterocycles. The molecule has 0 saturated carbocycles. The average Bonchev–Trinajstić information content (AvgIpc) is 2.84. The van der Waals surface area contributed by atoms with E-state index in [0.29, 0.717) is 12.2 Å². The van der Waals surface area contributed by atoms with Gasteiger partial charge in [0.05, 0.1) is 16.9 Å². The van der Waals surface area contributed by atoms with E-state index in [2.05, 4.69) is 10.4 Å². The fourth-order valence-electron chi connectivity index (χ4n) is 1.88. The summed E-state index contributed by atoms with van der Waals surface area (Å²) < 4.78 is 39.7. The summed E-state index contributed by atoms with van der Waals surface area (Å²) in [5, 5.41) is 7.41. The Bertz CT molecular complexity index is 588. The summed E-state index contributed by atoms with van der Waals surface area (Å²) in [4.78, 5) is 0. The highest BCUT2D eigenvalue weighted by atomic mass is 19.4. The molecule has 0 saturated heterocycles. The van der Waals surface area contributed by atoms with E-state index in [1.165, 1.54) is 10.7 Å². The number of nitrogens with zero attached hydrogens (tertiary/aromatic N) is 2. The van der Waals surface area contributed by atoms with Crippen LogP contribution >= 0.6 is 0 Å². The Kier molecular flexibility index (Phi) is 4.13. The number of rotatable bonds is 4. The first-order valence-electron chi connectivity index (χ1n) is 6.35. The van der Waals surface area contributed by atoms with Crippen LogP contribution in [-0.2, 0) is 12.7 Å². The molecule has 0 unspecified atom stereocenters. The molecule has 0 radical (unpaired) electrons. The van der Waals surface area contributed by atoms with Crippen molar-refractivity contribution in [3.05, 3.63) is 47.3 Å². The zero-order valence-corrected chi connectivity index (χ0v) is 11.3. The van der Waals surface area contributed by atoms with Crippen LogP contribution in [0.4, 0.5) is 13.2 Å². The van der Waals surface area contributed by atoms with Crippen LogP contribution in [0.3, 0.4) is 0 Å². The maximum absolute atomic E-state index is 12.7. The first-order valence-corrected chi connectivity index (χ1v) is 6.35. The van der Waals surface area contributed by atoms with Crippen molar-refractivity contribution in [2.75, 3.05) is 6.54 Å². The van der Waals surface area contributed by atoms with E-state index in [9.17, 15) is 13.2 Å². The lowest BCUT2D eigenvalue weighted by Crippen LogP contribution is -2.12. The molecule has 20 heavy (non-hydrogen) atoms. The van der Waals surface area contributed by atoms with Crippen molar-refractivity contribution in [3.63, 3.8) is 0 Å². The van der Waals surface area contributed by atoms with Gasteiger partial charge < -0.3 is 5.32 Å². The molecular weight excluding hydrogens is 267 g/mol. The first kappa shape index (κ1) is 14.6. The average molecular weight is 283 g/mol. The van der Waals surface area contributed by atoms with Gasteiger partial charge in [-0.15, -0.1) is 0 Å². The van der Waals surface area contributed by atoms with Gasteiger partial charge in [0.15, 0.2) is 0 Å². The molecule has 2 aromatic rings. The fraction of sp³-hybridized carbons (Fsp3) is 0.357. The summed E-state index contributed by atoms with van der Waals surface area (Å²) >= 11 is 0. The van der Waals surface area contributed by atoms with Crippen LogP contribution in [0.1, 0.15) is 23.7 Å². The largest absolute Gasteiger partial charge is 0.416 e. The molecule has 0 bridgehead atoms. The van der Waals surface area contributed by atoms with Crippen molar-refractivity contribution >= 4 is 0 Å². The third-order valence-electron chi connectivity index (χ3n) is 2.98. The number of alkyl halides is 3. The molecule has 1 aromatic carbocycles. The Hall–Kier alpha value is -1.82. The highest BCUT2D eigenvalue weighted by molar-refractivity contribution is 5.43. The molecule has 6 heteroatoms. The van der Waals surface area contributed by atoms with Crippen molar-refractivity contribution in [1.29, 1.82) is 0 Å². The second-order valence-electron chi connectivity index (χ2n) is 4.53. The van der Waals surface area contributed by atoms with Crippen LogP contribution in [0.25, 0.3) is 5.69 Å². The first-order chi connectivity index (χ1) is 9.41. The predicted molar refractivity (Wildman–Crippen MR) is 70.7 cm³/mol. The molecule has 0 fully saturated rings. The molecule has 0 aliphatic rings. The van der Waals surface area contributed by atoms with Crippen LogP contribution in [0.15, 0.2) is 30.5 Å². The summed E-state index contributed by atoms with van der Waals surface area (Å²) in [6.07, 6.45) is -2.67. The number of hydrogen-bond acceptors (Lipinski definition) is 2. The van der Waals surface area contributed by atoms with E-state index >= 15 is 0 Å². The molecule has 1 N–H and O–H groups in total. The molecular formula is C14H16F3N3. The van der Waals surface area contributed by atoms with E-state index in [4.69, 9.17) is 0 Å². The van der Waals surface area contributed by atoms with Gasteiger partial charge in [0.2, 0.25) is 0 Å². The van der Waals surface area contributed by atoms with Gasteiger partial charge >= 0.3 is 6.18 Å². The molecule has 0 amide bonds. The molecule has 0 atom stereocenters. The van der Waals surface area contributed by atoms with Crippen molar-refractivity contribution in [3.8, 4) is 5.69 Å². The second-order valence-corrected chi connectivity index (χ2v) is 4.53. The number of nitrogens with one attached hydrogen (secondary N) is 1. The summed E-state index contributed by atoms with van der Waals surface area (Å²) in [6, 6.07) is 5.47. The number of hydrogen-bond donors (Lipinski definition) is 1. The number of aryl methyl sites for hydroxylation is 1. The summed E-state index contributed by atoms with van der Waals surface area (Å²) in [6.45, 7) is 5.16. The zero-order chi connectivity index (χ0) is 14.8. The van der Waals surface area contributed by atoms with Crippen LogP contribution < -0.4 is 5.32 Å². The van der Waals surface area contributed by atoms with Crippen LogP contribution in [0.5, 0.6) is 0 Å². The molecule has 1 heterocycles. The Morgan fingerprint density at radius 1 is 1.25 bits per heavy atom. The third kappa shape index (κ3) is 3.19. The maximum atomic E-state index is 12.7. The number of halogens is 3. The number of benzene rings is 1. The molecule has 0 aliphatic heterocycles. The SMILES string of the molecule is CCNCc1ccn(-c2cc(C(F)(F)F)ccc2C)n1. The topological polar surface area (TPSA) is 29.9 Å². The Labute approximate surface area is 115 Å². The Morgan fingerprint density at radius 3 is 2.65 bits per heavy atom. The van der Waals surface area contributed by atoms with E-state index in [1.54, 1.807) is 19.2 Å². The van der Waals surface area contributed by atoms with Gasteiger partial charge in [-0.25, -0.2) is 4.68 Å². The van der Waals surface area contributed by atoms with Crippen molar-refractivity contribution in [1.82, 2.24) is 15.1 Å². The van der Waals surface area contributed by atoms with Gasteiger partial charge in [0, 0.05) is 12.7 Å². The van der Waals surface area contributed by atoms with Gasteiger partial charge in [-0.05, 0) is 37.2 Å². The molecule has 3 nitrogen and oxygen atoms in total. The maximum Gasteiger partial charge on any atom is 0.416 e. The predicted octanol–water partition coefficient (Wildman–Crippen LogP) is 3.31. The second kappa shape index (κ2) is 5.66. The van der Waals surface area contributed by atoms with Gasteiger partial charge in [0.1, 0.15) is 0 Å². The lowest BCUT2D eigenvalue weighted by molar-refractivity contribution is -0.137. The van der Waals surface area contributed by atoms with E-state index in [0.717, 1.165) is 29.9 Å². The van der Waals surface area contributed by atoms with Gasteiger partial charge in [0.25, 0.3) is 0 Å². The highest BCUT2D eigenvalue weighted by Crippen LogP contribution is 2.31. The minimum atomic E-state index is -4.35. The summed E-state index contributed by atoms with van der Waals surface area (Å²) in [5.74, 6) is 0. The normalized spacial score (nSPS) is 11.8. The minimum Gasteiger partial charge on any atom is -0.311 e. The van der Waals surface area contributed by atoms with Gasteiger partial charge in [-0.3, -0.25) is 0 Å². The fourth-order valence-corrected chi connectivity index (χ4v) is 1.88. The van der Waals surface area contributed by atoms with Gasteiger partial charge in [-0.2, -0.15) is 18.3 Å². The zero-order valence-electron chi connectivity index (χ0n) is 11.3. The van der Waals surface area contributed by atoms with E-state index in [-0.39, 0.29) is 0 Å². The monoisotopic (exact) mass is 283 g/mol. The van der Waals surface area contributed by atoms with Crippen LogP contribution in [0.2, 0.25) is 0 Å². The van der Waals surface area contributed by atoms with Crippen LogP contribution in [0, 0.1) is 6.92 Å². The summed E-state index contributed by atoms with van der Waals surface area (Å²) in [5.41, 5.74) is 1.32. The molecule has 2 rings (SSSR count). The minimum absolute atomic E-state index is 0.447. The Morgan fingerprint density at radius 2 is 2.00 bits per heavy atom. The van der Waals surface area contributed by atoms with Crippen LogP contribution in [-0.4, -0.2) is 16.3 Å².